The zero-order chi connectivity index (χ0) is 15.2. The third kappa shape index (κ3) is 3.89. The van der Waals surface area contributed by atoms with Gasteiger partial charge in [0, 0.05) is 12.2 Å². The van der Waals surface area contributed by atoms with Gasteiger partial charge in [0.05, 0.1) is 10.0 Å². The molecule has 110 valence electrons. The highest BCUT2D eigenvalue weighted by Crippen LogP contribution is 2.21. The normalized spacial score (nSPS) is 10.4. The number of amides is 1. The minimum atomic E-state index is -0.556. The van der Waals surface area contributed by atoms with Crippen molar-refractivity contribution in [3.63, 3.8) is 0 Å². The fourth-order valence-electron chi connectivity index (χ4n) is 1.92. The van der Waals surface area contributed by atoms with Crippen LogP contribution in [0.1, 0.15) is 22.8 Å². The molecule has 0 radical (unpaired) electrons. The molecule has 1 amide bonds. The lowest BCUT2D eigenvalue weighted by molar-refractivity contribution is 0.102. The molecule has 2 N–H and O–H groups in total. The van der Waals surface area contributed by atoms with Crippen molar-refractivity contribution in [3.05, 3.63) is 63.9 Å². The SMILES string of the molecule is CCNCc1ccccc1NC(=O)c1cccc(Br)c1F. The van der Waals surface area contributed by atoms with E-state index in [0.717, 1.165) is 12.1 Å². The molecule has 0 saturated heterocycles. The van der Waals surface area contributed by atoms with E-state index in [1.54, 1.807) is 18.2 Å². The van der Waals surface area contributed by atoms with Gasteiger partial charge in [0.2, 0.25) is 0 Å². The van der Waals surface area contributed by atoms with Gasteiger partial charge in [0.1, 0.15) is 5.82 Å². The monoisotopic (exact) mass is 350 g/mol. The van der Waals surface area contributed by atoms with E-state index in [2.05, 4.69) is 26.6 Å². The lowest BCUT2D eigenvalue weighted by Gasteiger charge is -2.12. The third-order valence-corrected chi connectivity index (χ3v) is 3.64. The van der Waals surface area contributed by atoms with E-state index in [1.807, 2.05) is 25.1 Å². The summed E-state index contributed by atoms with van der Waals surface area (Å²) in [6.07, 6.45) is 0. The van der Waals surface area contributed by atoms with Gasteiger partial charge in [-0.3, -0.25) is 4.79 Å². The second-order valence-corrected chi connectivity index (χ2v) is 5.35. The second-order valence-electron chi connectivity index (χ2n) is 4.49. The maximum absolute atomic E-state index is 13.9. The molecule has 0 aliphatic heterocycles. The molecule has 0 atom stereocenters. The summed E-state index contributed by atoms with van der Waals surface area (Å²) < 4.78 is 14.2. The van der Waals surface area contributed by atoms with Crippen LogP contribution in [0.3, 0.4) is 0 Å². The molecule has 0 unspecified atom stereocenters. The predicted octanol–water partition coefficient (Wildman–Crippen LogP) is 3.95. The summed E-state index contributed by atoms with van der Waals surface area (Å²) in [5.41, 5.74) is 1.66. The largest absolute Gasteiger partial charge is 0.322 e. The van der Waals surface area contributed by atoms with Gasteiger partial charge < -0.3 is 10.6 Å². The Morgan fingerprint density at radius 1 is 1.19 bits per heavy atom. The summed E-state index contributed by atoms with van der Waals surface area (Å²) in [6, 6.07) is 12.1. The maximum atomic E-state index is 13.9. The smallest absolute Gasteiger partial charge is 0.258 e. The van der Waals surface area contributed by atoms with E-state index in [1.165, 1.54) is 6.07 Å². The molecule has 0 fully saturated rings. The number of rotatable bonds is 5. The Morgan fingerprint density at radius 3 is 2.71 bits per heavy atom. The van der Waals surface area contributed by atoms with Crippen molar-refractivity contribution in [1.82, 2.24) is 5.32 Å². The third-order valence-electron chi connectivity index (χ3n) is 3.03. The van der Waals surface area contributed by atoms with Crippen molar-refractivity contribution in [1.29, 1.82) is 0 Å². The highest BCUT2D eigenvalue weighted by molar-refractivity contribution is 9.10. The van der Waals surface area contributed by atoms with Gasteiger partial charge in [-0.25, -0.2) is 4.39 Å². The average molecular weight is 351 g/mol. The first-order valence-electron chi connectivity index (χ1n) is 6.67. The van der Waals surface area contributed by atoms with Gasteiger partial charge in [-0.15, -0.1) is 0 Å². The number of nitrogens with one attached hydrogen (secondary N) is 2. The molecule has 0 bridgehead atoms. The van der Waals surface area contributed by atoms with E-state index in [4.69, 9.17) is 0 Å². The Kier molecular flexibility index (Phi) is 5.47. The average Bonchev–Trinajstić information content (AvgIpc) is 2.49. The van der Waals surface area contributed by atoms with Gasteiger partial charge in [-0.2, -0.15) is 0 Å². The molecule has 0 aromatic heterocycles. The Labute approximate surface area is 131 Å². The van der Waals surface area contributed by atoms with E-state index >= 15 is 0 Å². The molecule has 0 aliphatic carbocycles. The van der Waals surface area contributed by atoms with Crippen molar-refractivity contribution in [2.24, 2.45) is 0 Å². The maximum Gasteiger partial charge on any atom is 0.258 e. The minimum Gasteiger partial charge on any atom is -0.322 e. The fraction of sp³-hybridized carbons (Fsp3) is 0.188. The molecule has 21 heavy (non-hydrogen) atoms. The number of para-hydroxylation sites is 1. The number of benzene rings is 2. The van der Waals surface area contributed by atoms with Crippen molar-refractivity contribution in [3.8, 4) is 0 Å². The Hall–Kier alpha value is -1.72. The lowest BCUT2D eigenvalue weighted by Crippen LogP contribution is -2.18. The number of carbonyl (C=O) groups is 1. The predicted molar refractivity (Wildman–Crippen MR) is 85.9 cm³/mol. The van der Waals surface area contributed by atoms with Crippen LogP contribution in [0, 0.1) is 5.82 Å². The van der Waals surface area contributed by atoms with Gasteiger partial charge in [-0.1, -0.05) is 31.2 Å². The van der Waals surface area contributed by atoms with Crippen LogP contribution in [-0.2, 0) is 6.54 Å². The quantitative estimate of drug-likeness (QED) is 0.857. The topological polar surface area (TPSA) is 41.1 Å². The van der Waals surface area contributed by atoms with Crippen LogP contribution < -0.4 is 10.6 Å². The standard InChI is InChI=1S/C16H16BrFN2O/c1-2-19-10-11-6-3-4-9-14(11)20-16(21)12-7-5-8-13(17)15(12)18/h3-9,19H,2,10H2,1H3,(H,20,21). The molecule has 0 spiro atoms. The molecule has 2 aromatic carbocycles. The molecule has 0 saturated carbocycles. The summed E-state index contributed by atoms with van der Waals surface area (Å²) >= 11 is 3.08. The molecule has 5 heteroatoms. The van der Waals surface area contributed by atoms with Crippen molar-refractivity contribution in [2.45, 2.75) is 13.5 Å². The Bertz CT molecular complexity index is 646. The Morgan fingerprint density at radius 2 is 1.95 bits per heavy atom. The number of anilines is 1. The molecule has 0 heterocycles. The fourth-order valence-corrected chi connectivity index (χ4v) is 2.29. The van der Waals surface area contributed by atoms with E-state index in [-0.39, 0.29) is 10.0 Å². The van der Waals surface area contributed by atoms with Gasteiger partial charge in [0.15, 0.2) is 0 Å². The molecule has 2 rings (SSSR count). The zero-order valence-corrected chi connectivity index (χ0v) is 13.2. The van der Waals surface area contributed by atoms with E-state index in [9.17, 15) is 9.18 Å². The van der Waals surface area contributed by atoms with Crippen LogP contribution in [0.15, 0.2) is 46.9 Å². The van der Waals surface area contributed by atoms with E-state index in [0.29, 0.717) is 12.2 Å². The first-order valence-corrected chi connectivity index (χ1v) is 7.46. The highest BCUT2D eigenvalue weighted by atomic mass is 79.9. The first-order chi connectivity index (χ1) is 10.1. The summed E-state index contributed by atoms with van der Waals surface area (Å²) in [5, 5.41) is 5.97. The first kappa shape index (κ1) is 15.7. The van der Waals surface area contributed by atoms with Crippen LogP contribution in [-0.4, -0.2) is 12.5 Å². The van der Waals surface area contributed by atoms with Crippen LogP contribution in [0.5, 0.6) is 0 Å². The van der Waals surface area contributed by atoms with Gasteiger partial charge in [0.25, 0.3) is 5.91 Å². The Balaban J connectivity index is 2.22. The zero-order valence-electron chi connectivity index (χ0n) is 11.6. The molecule has 2 aromatic rings. The molecule has 0 aliphatic rings. The number of halogens is 2. The number of hydrogen-bond donors (Lipinski definition) is 2. The van der Waals surface area contributed by atoms with Gasteiger partial charge >= 0.3 is 0 Å². The summed E-state index contributed by atoms with van der Waals surface area (Å²) in [4.78, 5) is 12.2. The summed E-state index contributed by atoms with van der Waals surface area (Å²) in [7, 11) is 0. The van der Waals surface area contributed by atoms with Crippen LogP contribution in [0.25, 0.3) is 0 Å². The van der Waals surface area contributed by atoms with Crippen molar-refractivity contribution < 1.29 is 9.18 Å². The van der Waals surface area contributed by atoms with Crippen LogP contribution in [0.2, 0.25) is 0 Å². The van der Waals surface area contributed by atoms with Crippen molar-refractivity contribution in [2.75, 3.05) is 11.9 Å². The molecule has 3 nitrogen and oxygen atoms in total. The second kappa shape index (κ2) is 7.33. The molecular formula is C16H16BrFN2O. The van der Waals surface area contributed by atoms with Crippen molar-refractivity contribution >= 4 is 27.5 Å². The number of hydrogen-bond acceptors (Lipinski definition) is 2. The van der Waals surface area contributed by atoms with Crippen LogP contribution >= 0.6 is 15.9 Å². The summed E-state index contributed by atoms with van der Waals surface area (Å²) in [5.74, 6) is -1.02. The lowest BCUT2D eigenvalue weighted by atomic mass is 10.1. The number of carbonyl (C=O) groups excluding carboxylic acids is 1. The minimum absolute atomic E-state index is 0.0163. The van der Waals surface area contributed by atoms with Gasteiger partial charge in [-0.05, 0) is 46.2 Å². The van der Waals surface area contributed by atoms with E-state index < -0.39 is 11.7 Å². The highest BCUT2D eigenvalue weighted by Gasteiger charge is 2.15. The van der Waals surface area contributed by atoms with Crippen LogP contribution in [0.4, 0.5) is 10.1 Å². The summed E-state index contributed by atoms with van der Waals surface area (Å²) in [6.45, 7) is 3.49. The molecular weight excluding hydrogens is 335 g/mol.